The zero-order valence-electron chi connectivity index (χ0n) is 13.5. The van der Waals surface area contributed by atoms with E-state index in [1.807, 2.05) is 0 Å². The number of sulfonamides is 1. The summed E-state index contributed by atoms with van der Waals surface area (Å²) in [5, 5.41) is 12.7. The third-order valence-corrected chi connectivity index (χ3v) is 6.26. The molecule has 130 valence electrons. The number of likely N-dealkylation sites (N-methyl/N-ethyl adjacent to an activating group) is 1. The normalized spacial score (nSPS) is 18.1. The van der Waals surface area contributed by atoms with Gasteiger partial charge in [-0.05, 0) is 30.9 Å². The summed E-state index contributed by atoms with van der Waals surface area (Å²) in [5.74, 6) is -1.05. The van der Waals surface area contributed by atoms with Gasteiger partial charge in [0, 0.05) is 18.8 Å². The Hall–Kier alpha value is -2.13. The zero-order valence-corrected chi connectivity index (χ0v) is 15.1. The predicted octanol–water partition coefficient (Wildman–Crippen LogP) is 1.56. The minimum Gasteiger partial charge on any atom is -0.505 e. The fourth-order valence-electron chi connectivity index (χ4n) is 2.28. The van der Waals surface area contributed by atoms with Crippen LogP contribution in [0.15, 0.2) is 46.0 Å². The van der Waals surface area contributed by atoms with Crippen molar-refractivity contribution >= 4 is 33.5 Å². The van der Waals surface area contributed by atoms with Gasteiger partial charge in [-0.25, -0.2) is 8.42 Å². The van der Waals surface area contributed by atoms with Gasteiger partial charge in [-0.3, -0.25) is 9.10 Å². The number of allylic oxidation sites excluding steroid dienone is 1. The smallest absolute Gasteiger partial charge is 0.273 e. The van der Waals surface area contributed by atoms with Gasteiger partial charge in [0.1, 0.15) is 0 Å². The number of aliphatic hydroxyl groups excluding tert-OH is 1. The van der Waals surface area contributed by atoms with E-state index in [2.05, 4.69) is 5.32 Å². The van der Waals surface area contributed by atoms with E-state index < -0.39 is 15.9 Å². The Morgan fingerprint density at radius 1 is 1.42 bits per heavy atom. The standard InChI is InChI=1S/C15H19N3O4S2/c1-9(8-16)23-10(2)17-15(20)13-14(19)11-6-4-5-7-12(11)24(21,22)18(13)3/h4-8,10,19H,16H2,1-3H3,(H,17,20)/b9-8-. The van der Waals surface area contributed by atoms with Crippen LogP contribution in [0.1, 0.15) is 19.4 Å². The van der Waals surface area contributed by atoms with Crippen molar-refractivity contribution in [1.29, 1.82) is 0 Å². The fraction of sp³-hybridized carbons (Fsp3) is 0.267. The van der Waals surface area contributed by atoms with Gasteiger partial charge in [0.2, 0.25) is 0 Å². The molecular weight excluding hydrogens is 350 g/mol. The highest BCUT2D eigenvalue weighted by molar-refractivity contribution is 8.03. The molecule has 24 heavy (non-hydrogen) atoms. The van der Waals surface area contributed by atoms with Crippen LogP contribution in [0.25, 0.3) is 5.76 Å². The van der Waals surface area contributed by atoms with Gasteiger partial charge in [0.25, 0.3) is 15.9 Å². The molecule has 0 saturated carbocycles. The van der Waals surface area contributed by atoms with E-state index in [1.54, 1.807) is 26.0 Å². The second kappa shape index (κ2) is 6.78. The number of carbonyl (C=O) groups is 1. The molecule has 9 heteroatoms. The molecule has 1 amide bonds. The molecule has 0 radical (unpaired) electrons. The molecule has 1 aromatic carbocycles. The zero-order chi connectivity index (χ0) is 18.1. The average Bonchev–Trinajstić information content (AvgIpc) is 2.53. The van der Waals surface area contributed by atoms with Gasteiger partial charge in [-0.2, -0.15) is 0 Å². The van der Waals surface area contributed by atoms with E-state index in [0.29, 0.717) is 0 Å². The number of thioether (sulfide) groups is 1. The highest BCUT2D eigenvalue weighted by atomic mass is 32.2. The number of amides is 1. The Balaban J connectivity index is 2.40. The van der Waals surface area contributed by atoms with Crippen LogP contribution in [-0.2, 0) is 14.8 Å². The lowest BCUT2D eigenvalue weighted by atomic mass is 10.1. The van der Waals surface area contributed by atoms with Crippen molar-refractivity contribution < 1.29 is 18.3 Å². The minimum atomic E-state index is -3.89. The lowest BCUT2D eigenvalue weighted by molar-refractivity contribution is -0.118. The lowest BCUT2D eigenvalue weighted by Crippen LogP contribution is -2.41. The molecule has 1 unspecified atom stereocenters. The summed E-state index contributed by atoms with van der Waals surface area (Å²) < 4.78 is 25.9. The SMILES string of the molecule is C/C(=C/N)SC(C)NC(=O)C1=C(O)c2ccccc2S(=O)(=O)N1C. The number of aliphatic hydroxyl groups is 1. The number of fused-ring (bicyclic) bond motifs is 1. The summed E-state index contributed by atoms with van der Waals surface area (Å²) in [6.07, 6.45) is 1.41. The lowest BCUT2D eigenvalue weighted by Gasteiger charge is -2.29. The summed E-state index contributed by atoms with van der Waals surface area (Å²) in [4.78, 5) is 13.3. The highest BCUT2D eigenvalue weighted by Gasteiger charge is 2.37. The van der Waals surface area contributed by atoms with Gasteiger partial charge in [0.05, 0.1) is 10.3 Å². The summed E-state index contributed by atoms with van der Waals surface area (Å²) in [6.45, 7) is 3.52. The third-order valence-electron chi connectivity index (χ3n) is 3.47. The molecule has 0 spiro atoms. The first kappa shape index (κ1) is 18.2. The third kappa shape index (κ3) is 3.22. The van der Waals surface area contributed by atoms with E-state index in [-0.39, 0.29) is 27.3 Å². The van der Waals surface area contributed by atoms with Crippen molar-refractivity contribution in [1.82, 2.24) is 9.62 Å². The van der Waals surface area contributed by atoms with Crippen LogP contribution in [0.2, 0.25) is 0 Å². The maximum Gasteiger partial charge on any atom is 0.273 e. The minimum absolute atomic E-state index is 0.0362. The van der Waals surface area contributed by atoms with E-state index >= 15 is 0 Å². The molecular formula is C15H19N3O4S2. The van der Waals surface area contributed by atoms with Crippen molar-refractivity contribution in [3.8, 4) is 0 Å². The second-order valence-corrected chi connectivity index (χ2v) is 8.70. The molecule has 0 saturated heterocycles. The number of hydrogen-bond donors (Lipinski definition) is 3. The molecule has 4 N–H and O–H groups in total. The molecule has 0 aromatic heterocycles. The largest absolute Gasteiger partial charge is 0.505 e. The number of hydrogen-bond acceptors (Lipinski definition) is 6. The number of carbonyl (C=O) groups excluding carboxylic acids is 1. The fourth-order valence-corrected chi connectivity index (χ4v) is 4.48. The maximum atomic E-state index is 12.5. The molecule has 7 nitrogen and oxygen atoms in total. The Labute approximate surface area is 145 Å². The van der Waals surface area contributed by atoms with Crippen LogP contribution in [-0.4, -0.2) is 36.2 Å². The molecule has 1 atom stereocenters. The first-order chi connectivity index (χ1) is 11.2. The van der Waals surface area contributed by atoms with E-state index in [4.69, 9.17) is 5.73 Å². The van der Waals surface area contributed by atoms with Crippen molar-refractivity contribution in [2.75, 3.05) is 7.05 Å². The van der Waals surface area contributed by atoms with Crippen LogP contribution in [0, 0.1) is 0 Å². The quantitative estimate of drug-likeness (QED) is 0.694. The Bertz CT molecular complexity index is 831. The van der Waals surface area contributed by atoms with Crippen LogP contribution in [0.5, 0.6) is 0 Å². The van der Waals surface area contributed by atoms with Crippen molar-refractivity contribution in [3.63, 3.8) is 0 Å². The first-order valence-electron chi connectivity index (χ1n) is 7.07. The summed E-state index contributed by atoms with van der Waals surface area (Å²) in [6, 6.07) is 6.00. The van der Waals surface area contributed by atoms with E-state index in [9.17, 15) is 18.3 Å². The van der Waals surface area contributed by atoms with Gasteiger partial charge >= 0.3 is 0 Å². The Morgan fingerprint density at radius 2 is 2.04 bits per heavy atom. The van der Waals surface area contributed by atoms with Gasteiger partial charge < -0.3 is 16.2 Å². The van der Waals surface area contributed by atoms with Crippen LogP contribution in [0.4, 0.5) is 0 Å². The second-order valence-electron chi connectivity index (χ2n) is 5.18. The molecule has 1 aliphatic heterocycles. The molecule has 1 heterocycles. The van der Waals surface area contributed by atoms with Gasteiger partial charge in [0.15, 0.2) is 11.5 Å². The Kier molecular flexibility index (Phi) is 5.14. The number of benzene rings is 1. The topological polar surface area (TPSA) is 113 Å². The molecule has 0 bridgehead atoms. The van der Waals surface area contributed by atoms with Crippen molar-refractivity contribution in [2.45, 2.75) is 24.1 Å². The molecule has 0 aliphatic carbocycles. The van der Waals surface area contributed by atoms with E-state index in [1.165, 1.54) is 37.1 Å². The van der Waals surface area contributed by atoms with Gasteiger partial charge in [-0.1, -0.05) is 12.1 Å². The van der Waals surface area contributed by atoms with Gasteiger partial charge in [-0.15, -0.1) is 11.8 Å². The van der Waals surface area contributed by atoms with E-state index in [0.717, 1.165) is 9.21 Å². The number of nitrogens with two attached hydrogens (primary N) is 1. The van der Waals surface area contributed by atoms with Crippen molar-refractivity contribution in [3.05, 3.63) is 46.6 Å². The number of nitrogens with one attached hydrogen (secondary N) is 1. The Morgan fingerprint density at radius 3 is 2.67 bits per heavy atom. The molecule has 2 rings (SSSR count). The van der Waals surface area contributed by atoms with Crippen LogP contribution in [0.3, 0.4) is 0 Å². The first-order valence-corrected chi connectivity index (χ1v) is 9.39. The average molecular weight is 369 g/mol. The number of nitrogens with zero attached hydrogens (tertiary/aromatic N) is 1. The van der Waals surface area contributed by atoms with Crippen LogP contribution < -0.4 is 11.1 Å². The van der Waals surface area contributed by atoms with Crippen LogP contribution >= 0.6 is 11.8 Å². The summed E-state index contributed by atoms with van der Waals surface area (Å²) >= 11 is 1.31. The maximum absolute atomic E-state index is 12.5. The predicted molar refractivity (Wildman–Crippen MR) is 94.1 cm³/mol. The number of rotatable bonds is 4. The summed E-state index contributed by atoms with van der Waals surface area (Å²) in [7, 11) is -2.66. The monoisotopic (exact) mass is 369 g/mol. The highest BCUT2D eigenvalue weighted by Crippen LogP contribution is 2.34. The molecule has 1 aromatic rings. The summed E-state index contributed by atoms with van der Waals surface area (Å²) in [5.41, 5.74) is 5.19. The molecule has 1 aliphatic rings. The van der Waals surface area contributed by atoms with Crippen molar-refractivity contribution in [2.24, 2.45) is 5.73 Å². The molecule has 0 fully saturated rings.